The Kier molecular flexibility index (Phi) is 6.78. The van der Waals surface area contributed by atoms with Crippen LogP contribution in [-0.2, 0) is 0 Å². The van der Waals surface area contributed by atoms with Gasteiger partial charge in [0.25, 0.3) is 5.91 Å². The molecular weight excluding hydrogens is 349 g/mol. The summed E-state index contributed by atoms with van der Waals surface area (Å²) in [7, 11) is 4.04. The molecule has 8 heteroatoms. The molecule has 1 amide bonds. The van der Waals surface area contributed by atoms with Crippen LogP contribution in [0.4, 0.5) is 11.5 Å². The lowest BCUT2D eigenvalue weighted by Gasteiger charge is -2.11. The van der Waals surface area contributed by atoms with Crippen molar-refractivity contribution in [3.63, 3.8) is 0 Å². The van der Waals surface area contributed by atoms with Crippen molar-refractivity contribution in [3.05, 3.63) is 46.3 Å². The number of aromatic nitrogens is 2. The molecule has 0 spiro atoms. The molecule has 0 aliphatic carbocycles. The Labute approximate surface area is 151 Å². The van der Waals surface area contributed by atoms with E-state index in [1.807, 2.05) is 14.1 Å². The van der Waals surface area contributed by atoms with Crippen LogP contribution in [0, 0.1) is 0 Å². The van der Waals surface area contributed by atoms with E-state index in [9.17, 15) is 4.79 Å². The second-order valence-electron chi connectivity index (χ2n) is 5.43. The molecule has 6 nitrogen and oxygen atoms in total. The number of nitrogens with one attached hydrogen (secondary N) is 2. The van der Waals surface area contributed by atoms with E-state index in [-0.39, 0.29) is 11.6 Å². The van der Waals surface area contributed by atoms with Crippen molar-refractivity contribution in [1.82, 2.24) is 14.9 Å². The van der Waals surface area contributed by atoms with Gasteiger partial charge in [-0.05, 0) is 39.2 Å². The standard InChI is InChI=1S/C16H19Cl2N5O/c1-23(2)8-4-7-19-14-9-13(20-10-21-14)16(24)22-12-6-3-5-11(17)15(12)18/h3,5-6,9-10H,4,7-8H2,1-2H3,(H,22,24)(H,19,20,21). The maximum absolute atomic E-state index is 12.3. The average molecular weight is 368 g/mol. The van der Waals surface area contributed by atoms with E-state index in [1.165, 1.54) is 6.33 Å². The number of rotatable bonds is 7. The fraction of sp³-hybridized carbons (Fsp3) is 0.312. The highest BCUT2D eigenvalue weighted by atomic mass is 35.5. The first-order chi connectivity index (χ1) is 11.5. The number of carbonyl (C=O) groups excluding carboxylic acids is 1. The van der Waals surface area contributed by atoms with E-state index in [1.54, 1.807) is 24.3 Å². The monoisotopic (exact) mass is 367 g/mol. The Morgan fingerprint density at radius 3 is 2.79 bits per heavy atom. The molecule has 24 heavy (non-hydrogen) atoms. The smallest absolute Gasteiger partial charge is 0.274 e. The summed E-state index contributed by atoms with van der Waals surface area (Å²) in [4.78, 5) is 22.5. The number of hydrogen-bond donors (Lipinski definition) is 2. The van der Waals surface area contributed by atoms with Gasteiger partial charge < -0.3 is 15.5 Å². The topological polar surface area (TPSA) is 70.2 Å². The Hall–Kier alpha value is -1.89. The largest absolute Gasteiger partial charge is 0.370 e. The lowest BCUT2D eigenvalue weighted by atomic mass is 10.3. The first kappa shape index (κ1) is 18.4. The van der Waals surface area contributed by atoms with Crippen LogP contribution in [0.3, 0.4) is 0 Å². The van der Waals surface area contributed by atoms with Crippen LogP contribution in [0.1, 0.15) is 16.9 Å². The lowest BCUT2D eigenvalue weighted by Crippen LogP contribution is -2.17. The van der Waals surface area contributed by atoms with E-state index >= 15 is 0 Å². The Bertz CT molecular complexity index is 709. The van der Waals surface area contributed by atoms with Gasteiger partial charge in [0.1, 0.15) is 17.8 Å². The third kappa shape index (κ3) is 5.33. The molecule has 0 atom stereocenters. The van der Waals surface area contributed by atoms with Crippen LogP contribution in [0.2, 0.25) is 10.0 Å². The number of amides is 1. The normalized spacial score (nSPS) is 10.7. The fourth-order valence-corrected chi connectivity index (χ4v) is 2.32. The highest BCUT2D eigenvalue weighted by Gasteiger charge is 2.12. The highest BCUT2D eigenvalue weighted by Crippen LogP contribution is 2.29. The molecule has 0 aliphatic rings. The molecule has 128 valence electrons. The second-order valence-corrected chi connectivity index (χ2v) is 6.21. The van der Waals surface area contributed by atoms with E-state index < -0.39 is 0 Å². The Morgan fingerprint density at radius 2 is 2.04 bits per heavy atom. The number of benzene rings is 1. The maximum atomic E-state index is 12.3. The quantitative estimate of drug-likeness (QED) is 0.733. The molecule has 0 fully saturated rings. The molecule has 0 radical (unpaired) electrons. The summed E-state index contributed by atoms with van der Waals surface area (Å²) in [5.74, 6) is 0.226. The summed E-state index contributed by atoms with van der Waals surface area (Å²) in [6, 6.07) is 6.64. The van der Waals surface area contributed by atoms with Crippen molar-refractivity contribution in [2.75, 3.05) is 37.8 Å². The zero-order chi connectivity index (χ0) is 17.5. The fourth-order valence-electron chi connectivity index (χ4n) is 1.98. The Balaban J connectivity index is 1.99. The number of carbonyl (C=O) groups is 1. The van der Waals surface area contributed by atoms with Crippen LogP contribution in [-0.4, -0.2) is 48.0 Å². The van der Waals surface area contributed by atoms with Crippen LogP contribution in [0.5, 0.6) is 0 Å². The van der Waals surface area contributed by atoms with Crippen molar-refractivity contribution < 1.29 is 4.79 Å². The van der Waals surface area contributed by atoms with Gasteiger partial charge in [-0.1, -0.05) is 29.3 Å². The van der Waals surface area contributed by atoms with Crippen molar-refractivity contribution in [1.29, 1.82) is 0 Å². The van der Waals surface area contributed by atoms with Crippen molar-refractivity contribution in [3.8, 4) is 0 Å². The molecule has 0 saturated carbocycles. The first-order valence-corrected chi connectivity index (χ1v) is 8.19. The first-order valence-electron chi connectivity index (χ1n) is 7.43. The van der Waals surface area contributed by atoms with E-state index in [0.717, 1.165) is 19.5 Å². The predicted octanol–water partition coefficient (Wildman–Crippen LogP) is 3.40. The molecule has 1 aromatic carbocycles. The molecule has 1 heterocycles. The third-order valence-corrected chi connectivity index (χ3v) is 4.01. The molecule has 0 bridgehead atoms. The summed E-state index contributed by atoms with van der Waals surface area (Å²) in [6.45, 7) is 1.73. The van der Waals surface area contributed by atoms with Crippen LogP contribution in [0.25, 0.3) is 0 Å². The van der Waals surface area contributed by atoms with Gasteiger partial charge in [0.2, 0.25) is 0 Å². The molecular formula is C16H19Cl2N5O. The van der Waals surface area contributed by atoms with Gasteiger partial charge in [-0.2, -0.15) is 0 Å². The molecule has 2 rings (SSSR count). The van der Waals surface area contributed by atoms with Gasteiger partial charge >= 0.3 is 0 Å². The number of anilines is 2. The minimum atomic E-state index is -0.377. The van der Waals surface area contributed by atoms with E-state index in [2.05, 4.69) is 25.5 Å². The van der Waals surface area contributed by atoms with Gasteiger partial charge in [-0.25, -0.2) is 9.97 Å². The van der Waals surface area contributed by atoms with Crippen LogP contribution >= 0.6 is 23.2 Å². The van der Waals surface area contributed by atoms with Gasteiger partial charge in [0.15, 0.2) is 0 Å². The van der Waals surface area contributed by atoms with E-state index in [4.69, 9.17) is 23.2 Å². The van der Waals surface area contributed by atoms with Crippen molar-refractivity contribution in [2.45, 2.75) is 6.42 Å². The van der Waals surface area contributed by atoms with E-state index in [0.29, 0.717) is 21.6 Å². The molecule has 1 aromatic heterocycles. The molecule has 0 saturated heterocycles. The zero-order valence-corrected chi connectivity index (χ0v) is 15.0. The van der Waals surface area contributed by atoms with Crippen molar-refractivity contribution in [2.24, 2.45) is 0 Å². The summed E-state index contributed by atoms with van der Waals surface area (Å²) in [5, 5.41) is 6.54. The predicted molar refractivity (Wildman–Crippen MR) is 98.1 cm³/mol. The zero-order valence-electron chi connectivity index (χ0n) is 13.5. The van der Waals surface area contributed by atoms with Crippen LogP contribution < -0.4 is 10.6 Å². The lowest BCUT2D eigenvalue weighted by molar-refractivity contribution is 0.102. The molecule has 2 N–H and O–H groups in total. The third-order valence-electron chi connectivity index (χ3n) is 3.19. The molecule has 0 aliphatic heterocycles. The molecule has 0 unspecified atom stereocenters. The average Bonchev–Trinajstić information content (AvgIpc) is 2.56. The minimum Gasteiger partial charge on any atom is -0.370 e. The number of hydrogen-bond acceptors (Lipinski definition) is 5. The summed E-state index contributed by atoms with van der Waals surface area (Å²) in [5.41, 5.74) is 0.685. The van der Waals surface area contributed by atoms with Gasteiger partial charge in [0.05, 0.1) is 15.7 Å². The maximum Gasteiger partial charge on any atom is 0.274 e. The van der Waals surface area contributed by atoms with Crippen molar-refractivity contribution >= 4 is 40.6 Å². The number of nitrogens with zero attached hydrogens (tertiary/aromatic N) is 3. The van der Waals surface area contributed by atoms with Gasteiger partial charge in [0, 0.05) is 12.6 Å². The minimum absolute atomic E-state index is 0.246. The van der Waals surface area contributed by atoms with Crippen LogP contribution in [0.15, 0.2) is 30.6 Å². The van der Waals surface area contributed by atoms with Gasteiger partial charge in [-0.15, -0.1) is 0 Å². The summed E-state index contributed by atoms with van der Waals surface area (Å²) in [6.07, 6.45) is 2.32. The highest BCUT2D eigenvalue weighted by molar-refractivity contribution is 6.44. The Morgan fingerprint density at radius 1 is 1.25 bits per heavy atom. The summed E-state index contributed by atoms with van der Waals surface area (Å²) >= 11 is 12.0. The SMILES string of the molecule is CN(C)CCCNc1cc(C(=O)Nc2cccc(Cl)c2Cl)ncn1. The molecule has 2 aromatic rings. The summed E-state index contributed by atoms with van der Waals surface area (Å²) < 4.78 is 0. The van der Waals surface area contributed by atoms with Gasteiger partial charge in [-0.3, -0.25) is 4.79 Å². The number of halogens is 2. The second kappa shape index (κ2) is 8.82.